The van der Waals surface area contributed by atoms with Crippen molar-refractivity contribution in [1.82, 2.24) is 9.97 Å². The van der Waals surface area contributed by atoms with Gasteiger partial charge in [0.1, 0.15) is 9.71 Å². The first-order valence-electron chi connectivity index (χ1n) is 10.4. The first-order chi connectivity index (χ1) is 14.9. The van der Waals surface area contributed by atoms with E-state index in [1.54, 1.807) is 22.2 Å². The number of amides is 3. The number of hydrogen-bond acceptors (Lipinski definition) is 6. The van der Waals surface area contributed by atoms with E-state index in [1.807, 2.05) is 18.2 Å². The van der Waals surface area contributed by atoms with Crippen LogP contribution in [0.4, 0.5) is 21.9 Å². The van der Waals surface area contributed by atoms with E-state index in [-0.39, 0.29) is 24.0 Å². The number of aromatic nitrogens is 2. The van der Waals surface area contributed by atoms with Crippen LogP contribution >= 0.6 is 11.3 Å². The summed E-state index contributed by atoms with van der Waals surface area (Å²) in [6, 6.07) is 4.98. The topological polar surface area (TPSA) is 118 Å². The maximum absolute atomic E-state index is 14.0. The van der Waals surface area contributed by atoms with Crippen molar-refractivity contribution >= 4 is 50.6 Å². The van der Waals surface area contributed by atoms with Crippen LogP contribution in [0, 0.1) is 0 Å². The molecule has 8 nitrogen and oxygen atoms in total. The Morgan fingerprint density at radius 2 is 2.00 bits per heavy atom. The van der Waals surface area contributed by atoms with E-state index in [0.29, 0.717) is 21.1 Å². The number of thiophene rings is 1. The average molecular weight is 437 g/mol. The number of rotatable bonds is 4. The maximum atomic E-state index is 14.0. The Morgan fingerprint density at radius 3 is 2.68 bits per heavy atom. The van der Waals surface area contributed by atoms with Crippen molar-refractivity contribution in [3.05, 3.63) is 41.2 Å². The summed E-state index contributed by atoms with van der Waals surface area (Å²) in [7, 11) is 0. The van der Waals surface area contributed by atoms with Gasteiger partial charge < -0.3 is 11.5 Å². The SMILES string of the molecule is CC(C)c1cc(N2C(=O)N([C@@H]3CCC[C@H]3N)c3c(C(N)=O)sc4nccc2c34)ccn1. The summed E-state index contributed by atoms with van der Waals surface area (Å²) < 4.78 is 0. The van der Waals surface area contributed by atoms with Gasteiger partial charge in [0.15, 0.2) is 0 Å². The van der Waals surface area contributed by atoms with Crippen molar-refractivity contribution in [2.24, 2.45) is 11.5 Å². The number of nitrogens with zero attached hydrogens (tertiary/aromatic N) is 4. The van der Waals surface area contributed by atoms with Crippen molar-refractivity contribution in [3.63, 3.8) is 0 Å². The van der Waals surface area contributed by atoms with Crippen LogP contribution in [0.3, 0.4) is 0 Å². The lowest BCUT2D eigenvalue weighted by atomic mass is 10.0. The summed E-state index contributed by atoms with van der Waals surface area (Å²) in [6.45, 7) is 4.13. The molecule has 3 aromatic heterocycles. The van der Waals surface area contributed by atoms with Gasteiger partial charge in [0.25, 0.3) is 5.91 Å². The highest BCUT2D eigenvalue weighted by molar-refractivity contribution is 7.21. The number of hydrogen-bond donors (Lipinski definition) is 2. The van der Waals surface area contributed by atoms with Crippen molar-refractivity contribution in [2.75, 3.05) is 9.80 Å². The highest BCUT2D eigenvalue weighted by Crippen LogP contribution is 2.50. The van der Waals surface area contributed by atoms with Crippen LogP contribution in [0.5, 0.6) is 0 Å². The van der Waals surface area contributed by atoms with Gasteiger partial charge in [0, 0.05) is 24.1 Å². The minimum absolute atomic E-state index is 0.164. The van der Waals surface area contributed by atoms with Gasteiger partial charge in [-0.25, -0.2) is 9.78 Å². The van der Waals surface area contributed by atoms with Crippen LogP contribution in [-0.4, -0.2) is 34.0 Å². The van der Waals surface area contributed by atoms with Crippen LogP contribution in [0.2, 0.25) is 0 Å². The number of carbonyl (C=O) groups is 2. The van der Waals surface area contributed by atoms with Gasteiger partial charge in [0.2, 0.25) is 0 Å². The molecule has 0 bridgehead atoms. The molecule has 2 aliphatic rings. The second kappa shape index (κ2) is 7.28. The summed E-state index contributed by atoms with van der Waals surface area (Å²) >= 11 is 1.22. The van der Waals surface area contributed by atoms with Crippen LogP contribution in [0.15, 0.2) is 30.6 Å². The molecule has 2 atom stereocenters. The van der Waals surface area contributed by atoms with Gasteiger partial charge in [-0.15, -0.1) is 11.3 Å². The van der Waals surface area contributed by atoms with Crippen molar-refractivity contribution in [3.8, 4) is 0 Å². The third-order valence-corrected chi connectivity index (χ3v) is 7.23. The molecular weight excluding hydrogens is 412 g/mol. The van der Waals surface area contributed by atoms with Gasteiger partial charge in [-0.1, -0.05) is 13.8 Å². The highest BCUT2D eigenvalue weighted by atomic mass is 32.1. The molecule has 0 unspecified atom stereocenters. The lowest BCUT2D eigenvalue weighted by molar-refractivity contribution is 0.100. The summed E-state index contributed by atoms with van der Waals surface area (Å²) in [4.78, 5) is 39.7. The molecule has 1 fully saturated rings. The monoisotopic (exact) mass is 436 g/mol. The van der Waals surface area contributed by atoms with Crippen molar-refractivity contribution < 1.29 is 9.59 Å². The Balaban J connectivity index is 1.79. The molecular formula is C22H24N6O2S. The maximum Gasteiger partial charge on any atom is 0.333 e. The van der Waals surface area contributed by atoms with Crippen LogP contribution in [0.25, 0.3) is 10.2 Å². The standard InChI is InChI=1S/C22H24N6O2S/c1-11(2)14-10-12(6-8-25-14)27-16-7-9-26-21-17(16)18(19(31-21)20(24)29)28(22(27)30)15-5-3-4-13(15)23/h6-11,13,15H,3-5,23H2,1-2H3,(H2,24,29)/t13-,15-/m1/s1. The predicted molar refractivity (Wildman–Crippen MR) is 122 cm³/mol. The molecule has 0 spiro atoms. The van der Waals surface area contributed by atoms with E-state index < -0.39 is 5.91 Å². The first kappa shape index (κ1) is 19.9. The molecule has 3 amide bonds. The molecule has 31 heavy (non-hydrogen) atoms. The largest absolute Gasteiger partial charge is 0.365 e. The van der Waals surface area contributed by atoms with Crippen LogP contribution in [0.1, 0.15) is 54.4 Å². The number of carbonyl (C=O) groups excluding carboxylic acids is 2. The van der Waals surface area contributed by atoms with E-state index >= 15 is 0 Å². The Morgan fingerprint density at radius 1 is 1.23 bits per heavy atom. The molecule has 9 heteroatoms. The van der Waals surface area contributed by atoms with Gasteiger partial charge in [-0.3, -0.25) is 19.6 Å². The second-order valence-electron chi connectivity index (χ2n) is 8.40. The molecule has 3 aromatic rings. The molecule has 1 aliphatic heterocycles. The molecule has 0 aromatic carbocycles. The van der Waals surface area contributed by atoms with Crippen LogP contribution < -0.4 is 21.3 Å². The van der Waals surface area contributed by atoms with Gasteiger partial charge in [-0.05, 0) is 43.4 Å². The fourth-order valence-corrected chi connectivity index (χ4v) is 5.63. The van der Waals surface area contributed by atoms with E-state index in [0.717, 1.165) is 36.0 Å². The first-order valence-corrected chi connectivity index (χ1v) is 11.3. The second-order valence-corrected chi connectivity index (χ2v) is 9.40. The number of primary amides is 1. The van der Waals surface area contributed by atoms with Crippen LogP contribution in [-0.2, 0) is 0 Å². The summed E-state index contributed by atoms with van der Waals surface area (Å²) in [6.07, 6.45) is 5.92. The van der Waals surface area contributed by atoms with Crippen molar-refractivity contribution in [1.29, 1.82) is 0 Å². The average Bonchev–Trinajstić information content (AvgIpc) is 3.34. The summed E-state index contributed by atoms with van der Waals surface area (Å²) in [5.74, 6) is -0.345. The van der Waals surface area contributed by atoms with E-state index in [1.165, 1.54) is 11.3 Å². The fraction of sp³-hybridized carbons (Fsp3) is 0.364. The highest BCUT2D eigenvalue weighted by Gasteiger charge is 2.44. The smallest absolute Gasteiger partial charge is 0.333 e. The minimum atomic E-state index is -0.562. The van der Waals surface area contributed by atoms with E-state index in [4.69, 9.17) is 11.5 Å². The number of urea groups is 1. The lowest BCUT2D eigenvalue weighted by Gasteiger charge is -2.40. The van der Waals surface area contributed by atoms with Gasteiger partial charge >= 0.3 is 6.03 Å². The van der Waals surface area contributed by atoms with Crippen molar-refractivity contribution in [2.45, 2.75) is 51.1 Å². The molecule has 0 saturated heterocycles. The minimum Gasteiger partial charge on any atom is -0.365 e. The normalized spacial score (nSPS) is 20.8. The Bertz CT molecular complexity index is 1210. The van der Waals surface area contributed by atoms with Gasteiger partial charge in [0.05, 0.1) is 28.5 Å². The molecule has 5 rings (SSSR count). The molecule has 1 saturated carbocycles. The third-order valence-electron chi connectivity index (χ3n) is 6.13. The number of pyridine rings is 2. The number of nitrogens with two attached hydrogens (primary N) is 2. The Labute approximate surface area is 183 Å². The molecule has 4 N–H and O–H groups in total. The quantitative estimate of drug-likeness (QED) is 0.643. The molecule has 0 radical (unpaired) electrons. The predicted octanol–water partition coefficient (Wildman–Crippen LogP) is 3.87. The van der Waals surface area contributed by atoms with E-state index in [9.17, 15) is 9.59 Å². The third kappa shape index (κ3) is 2.99. The zero-order valence-corrected chi connectivity index (χ0v) is 18.2. The Kier molecular flexibility index (Phi) is 4.67. The summed E-state index contributed by atoms with van der Waals surface area (Å²) in [5, 5.41) is 0.767. The Hall–Kier alpha value is -3.04. The molecule has 4 heterocycles. The van der Waals surface area contributed by atoms with Gasteiger partial charge in [-0.2, -0.15) is 0 Å². The zero-order valence-electron chi connectivity index (χ0n) is 17.4. The summed E-state index contributed by atoms with van der Waals surface area (Å²) in [5.41, 5.74) is 15.0. The fourth-order valence-electron chi connectivity index (χ4n) is 4.62. The number of anilines is 3. The molecule has 1 aliphatic carbocycles. The molecule has 160 valence electrons. The lowest BCUT2D eigenvalue weighted by Crippen LogP contribution is -2.54. The zero-order chi connectivity index (χ0) is 21.9. The van der Waals surface area contributed by atoms with E-state index in [2.05, 4.69) is 23.8 Å².